The Bertz CT molecular complexity index is 645. The van der Waals surface area contributed by atoms with Crippen molar-refractivity contribution >= 4 is 15.9 Å². The van der Waals surface area contributed by atoms with Crippen molar-refractivity contribution in [1.29, 1.82) is 0 Å². The second-order valence-electron chi connectivity index (χ2n) is 5.86. The van der Waals surface area contributed by atoms with Gasteiger partial charge < -0.3 is 14.4 Å². The van der Waals surface area contributed by atoms with E-state index in [-0.39, 0.29) is 30.9 Å². The standard InChI is InChI=1S/C16H24N2O5S/c1-13-3-5-14(6-4-13)12-24(20,21)17-9-15-10-18(7-8-22-2)16(19)11-23-15/h3-6,15,17H,7-12H2,1-2H3. The van der Waals surface area contributed by atoms with Crippen LogP contribution in [-0.4, -0.2) is 65.3 Å². The monoisotopic (exact) mass is 356 g/mol. The lowest BCUT2D eigenvalue weighted by atomic mass is 10.2. The number of morpholine rings is 1. The van der Waals surface area contributed by atoms with E-state index in [1.807, 2.05) is 19.1 Å². The maximum Gasteiger partial charge on any atom is 0.248 e. The summed E-state index contributed by atoms with van der Waals surface area (Å²) in [6, 6.07) is 7.37. The quantitative estimate of drug-likeness (QED) is 0.724. The molecule has 134 valence electrons. The molecule has 0 aliphatic carbocycles. The van der Waals surface area contributed by atoms with Crippen molar-refractivity contribution in [3.8, 4) is 0 Å². The summed E-state index contributed by atoms with van der Waals surface area (Å²) in [5.41, 5.74) is 1.81. The molecule has 0 aromatic heterocycles. The molecule has 1 fully saturated rings. The number of aryl methyl sites for hydroxylation is 1. The predicted octanol–water partition coefficient (Wildman–Crippen LogP) is 0.288. The maximum absolute atomic E-state index is 12.2. The topological polar surface area (TPSA) is 84.9 Å². The van der Waals surface area contributed by atoms with E-state index in [9.17, 15) is 13.2 Å². The zero-order chi connectivity index (χ0) is 17.6. The Hall–Kier alpha value is -1.48. The fourth-order valence-corrected chi connectivity index (χ4v) is 3.57. The number of carbonyl (C=O) groups excluding carboxylic acids is 1. The van der Waals surface area contributed by atoms with E-state index < -0.39 is 10.0 Å². The second kappa shape index (κ2) is 8.57. The third-order valence-electron chi connectivity index (χ3n) is 3.79. The van der Waals surface area contributed by atoms with E-state index in [2.05, 4.69) is 4.72 Å². The number of sulfonamides is 1. The van der Waals surface area contributed by atoms with Crippen LogP contribution in [0.25, 0.3) is 0 Å². The first-order valence-corrected chi connectivity index (χ1v) is 9.46. The van der Waals surface area contributed by atoms with Crippen LogP contribution < -0.4 is 4.72 Å². The zero-order valence-corrected chi connectivity index (χ0v) is 14.8. The lowest BCUT2D eigenvalue weighted by Gasteiger charge is -2.32. The van der Waals surface area contributed by atoms with Gasteiger partial charge in [-0.1, -0.05) is 29.8 Å². The summed E-state index contributed by atoms with van der Waals surface area (Å²) in [5.74, 6) is -0.183. The summed E-state index contributed by atoms with van der Waals surface area (Å²) < 4.78 is 37.3. The molecule has 2 rings (SSSR count). The lowest BCUT2D eigenvalue weighted by molar-refractivity contribution is -0.149. The van der Waals surface area contributed by atoms with Crippen molar-refractivity contribution in [2.45, 2.75) is 18.8 Å². The van der Waals surface area contributed by atoms with Crippen molar-refractivity contribution in [3.63, 3.8) is 0 Å². The van der Waals surface area contributed by atoms with Crippen molar-refractivity contribution in [2.75, 3.05) is 40.0 Å². The molecule has 1 aromatic rings. The van der Waals surface area contributed by atoms with E-state index in [4.69, 9.17) is 9.47 Å². The second-order valence-corrected chi connectivity index (χ2v) is 7.67. The van der Waals surface area contributed by atoms with Gasteiger partial charge in [0.25, 0.3) is 0 Å². The molecule has 1 amide bonds. The lowest BCUT2D eigenvalue weighted by Crippen LogP contribution is -2.51. The highest BCUT2D eigenvalue weighted by Crippen LogP contribution is 2.09. The van der Waals surface area contributed by atoms with Crippen LogP contribution in [0, 0.1) is 6.92 Å². The molecule has 1 aliphatic heterocycles. The van der Waals surface area contributed by atoms with Crippen molar-refractivity contribution < 1.29 is 22.7 Å². The number of hydrogen-bond donors (Lipinski definition) is 1. The first-order chi connectivity index (χ1) is 11.4. The molecule has 8 heteroatoms. The van der Waals surface area contributed by atoms with Crippen LogP contribution in [0.5, 0.6) is 0 Å². The Labute approximate surface area is 143 Å². The van der Waals surface area contributed by atoms with Gasteiger partial charge in [-0.2, -0.15) is 0 Å². The van der Waals surface area contributed by atoms with Crippen molar-refractivity contribution in [1.82, 2.24) is 9.62 Å². The van der Waals surface area contributed by atoms with Gasteiger partial charge in [0.05, 0.1) is 18.5 Å². The molecule has 0 radical (unpaired) electrons. The number of hydrogen-bond acceptors (Lipinski definition) is 5. The van der Waals surface area contributed by atoms with Crippen LogP contribution >= 0.6 is 0 Å². The normalized spacial score (nSPS) is 18.8. The molecule has 0 bridgehead atoms. The Balaban J connectivity index is 1.84. The third kappa shape index (κ3) is 5.86. The Morgan fingerprint density at radius 2 is 2.04 bits per heavy atom. The molecule has 0 saturated carbocycles. The minimum absolute atomic E-state index is 0.0337. The first-order valence-electron chi connectivity index (χ1n) is 7.81. The van der Waals surface area contributed by atoms with Gasteiger partial charge in [0.1, 0.15) is 6.61 Å². The van der Waals surface area contributed by atoms with Gasteiger partial charge >= 0.3 is 0 Å². The van der Waals surface area contributed by atoms with Crippen molar-refractivity contribution in [3.05, 3.63) is 35.4 Å². The highest BCUT2D eigenvalue weighted by atomic mass is 32.2. The van der Waals surface area contributed by atoms with E-state index in [1.165, 1.54) is 0 Å². The van der Waals surface area contributed by atoms with Crippen molar-refractivity contribution in [2.24, 2.45) is 0 Å². The molecule has 7 nitrogen and oxygen atoms in total. The third-order valence-corrected chi connectivity index (χ3v) is 5.11. The molecule has 1 atom stereocenters. The van der Waals surface area contributed by atoms with Crippen LogP contribution in [0.1, 0.15) is 11.1 Å². The first kappa shape index (κ1) is 18.9. The average molecular weight is 356 g/mol. The van der Waals surface area contributed by atoms with Gasteiger partial charge in [-0.15, -0.1) is 0 Å². The number of nitrogens with zero attached hydrogens (tertiary/aromatic N) is 1. The van der Waals surface area contributed by atoms with Gasteiger partial charge in [0.15, 0.2) is 0 Å². The molecule has 1 heterocycles. The highest BCUT2D eigenvalue weighted by Gasteiger charge is 2.27. The number of rotatable bonds is 8. The minimum Gasteiger partial charge on any atom is -0.383 e. The Morgan fingerprint density at radius 3 is 2.71 bits per heavy atom. The van der Waals surface area contributed by atoms with Gasteiger partial charge in [-0.05, 0) is 12.5 Å². The fourth-order valence-electron chi connectivity index (χ4n) is 2.40. The molecule has 1 unspecified atom stereocenters. The van der Waals surface area contributed by atoms with E-state index in [0.717, 1.165) is 11.1 Å². The largest absolute Gasteiger partial charge is 0.383 e. The number of nitrogens with one attached hydrogen (secondary N) is 1. The maximum atomic E-state index is 12.2. The Kier molecular flexibility index (Phi) is 6.73. The summed E-state index contributed by atoms with van der Waals surface area (Å²) >= 11 is 0. The number of amides is 1. The zero-order valence-electron chi connectivity index (χ0n) is 14.0. The smallest absolute Gasteiger partial charge is 0.248 e. The molecule has 1 aromatic carbocycles. The summed E-state index contributed by atoms with van der Waals surface area (Å²) in [4.78, 5) is 13.4. The Morgan fingerprint density at radius 1 is 1.33 bits per heavy atom. The van der Waals surface area contributed by atoms with Crippen LogP contribution in [-0.2, 0) is 30.0 Å². The van der Waals surface area contributed by atoms with Gasteiger partial charge in [-0.3, -0.25) is 4.79 Å². The number of ether oxygens (including phenoxy) is 2. The molecular weight excluding hydrogens is 332 g/mol. The van der Waals surface area contributed by atoms with Crippen LogP contribution in [0.3, 0.4) is 0 Å². The average Bonchev–Trinajstić information content (AvgIpc) is 2.55. The van der Waals surface area contributed by atoms with Crippen LogP contribution in [0.2, 0.25) is 0 Å². The number of benzene rings is 1. The van der Waals surface area contributed by atoms with Gasteiger partial charge in [0.2, 0.25) is 15.9 Å². The predicted molar refractivity (Wildman–Crippen MR) is 90.0 cm³/mol. The van der Waals surface area contributed by atoms with Gasteiger partial charge in [0, 0.05) is 26.7 Å². The summed E-state index contributed by atoms with van der Waals surface area (Å²) in [7, 11) is -1.88. The molecule has 24 heavy (non-hydrogen) atoms. The highest BCUT2D eigenvalue weighted by molar-refractivity contribution is 7.88. The van der Waals surface area contributed by atoms with E-state index in [1.54, 1.807) is 24.1 Å². The molecule has 0 spiro atoms. The van der Waals surface area contributed by atoms with Crippen LogP contribution in [0.15, 0.2) is 24.3 Å². The molecule has 1 N–H and O–H groups in total. The molecule has 1 saturated heterocycles. The summed E-state index contributed by atoms with van der Waals surface area (Å²) in [6.45, 7) is 3.34. The fraction of sp³-hybridized carbons (Fsp3) is 0.562. The number of carbonyl (C=O) groups is 1. The SMILES string of the molecule is COCCN1CC(CNS(=O)(=O)Cc2ccc(C)cc2)OCC1=O. The number of methoxy groups -OCH3 is 1. The summed E-state index contributed by atoms with van der Waals surface area (Å²) in [6.07, 6.45) is -0.354. The van der Waals surface area contributed by atoms with E-state index >= 15 is 0 Å². The summed E-state index contributed by atoms with van der Waals surface area (Å²) in [5, 5.41) is 0. The van der Waals surface area contributed by atoms with E-state index in [0.29, 0.717) is 19.7 Å². The minimum atomic E-state index is -3.45. The van der Waals surface area contributed by atoms with Gasteiger partial charge in [-0.25, -0.2) is 13.1 Å². The van der Waals surface area contributed by atoms with Crippen LogP contribution in [0.4, 0.5) is 0 Å². The molecule has 1 aliphatic rings. The molecular formula is C16H24N2O5S.